The highest BCUT2D eigenvalue weighted by atomic mass is 16.5. The van der Waals surface area contributed by atoms with Crippen molar-refractivity contribution in [3.8, 4) is 11.5 Å². The second-order valence-corrected chi connectivity index (χ2v) is 4.17. The highest BCUT2D eigenvalue weighted by Crippen LogP contribution is 2.25. The summed E-state index contributed by atoms with van der Waals surface area (Å²) in [5, 5.41) is 0. The summed E-state index contributed by atoms with van der Waals surface area (Å²) in [5.41, 5.74) is 6.26. The zero-order chi connectivity index (χ0) is 13.7. The fourth-order valence-electron chi connectivity index (χ4n) is 1.61. The highest BCUT2D eigenvalue weighted by molar-refractivity contribution is 5.79. The SMILES string of the molecule is COc1ccc(CN(C)[C@H](C)C(N)=O)c(OC)c1. The maximum absolute atomic E-state index is 11.1. The maximum Gasteiger partial charge on any atom is 0.234 e. The lowest BCUT2D eigenvalue weighted by Gasteiger charge is -2.23. The van der Waals surface area contributed by atoms with Gasteiger partial charge in [-0.2, -0.15) is 0 Å². The van der Waals surface area contributed by atoms with Gasteiger partial charge in [0.1, 0.15) is 11.5 Å². The zero-order valence-electron chi connectivity index (χ0n) is 11.3. The molecule has 0 fully saturated rings. The van der Waals surface area contributed by atoms with E-state index in [9.17, 15) is 4.79 Å². The van der Waals surface area contributed by atoms with Crippen molar-refractivity contribution in [1.82, 2.24) is 4.90 Å². The predicted molar refractivity (Wildman–Crippen MR) is 69.7 cm³/mol. The molecule has 0 heterocycles. The molecular formula is C13H20N2O3. The lowest BCUT2D eigenvalue weighted by atomic mass is 10.1. The van der Waals surface area contributed by atoms with Crippen molar-refractivity contribution in [2.45, 2.75) is 19.5 Å². The van der Waals surface area contributed by atoms with Crippen LogP contribution in [0.25, 0.3) is 0 Å². The average molecular weight is 252 g/mol. The first-order valence-corrected chi connectivity index (χ1v) is 5.70. The molecular weight excluding hydrogens is 232 g/mol. The van der Waals surface area contributed by atoms with Crippen LogP contribution in [0, 0.1) is 0 Å². The molecule has 1 atom stereocenters. The number of primary amides is 1. The predicted octanol–water partition coefficient (Wildman–Crippen LogP) is 1.01. The molecule has 0 aliphatic heterocycles. The lowest BCUT2D eigenvalue weighted by Crippen LogP contribution is -2.39. The van der Waals surface area contributed by atoms with E-state index in [4.69, 9.17) is 15.2 Å². The van der Waals surface area contributed by atoms with E-state index in [0.29, 0.717) is 6.54 Å². The molecule has 18 heavy (non-hydrogen) atoms. The number of hydrogen-bond acceptors (Lipinski definition) is 4. The third-order valence-electron chi connectivity index (χ3n) is 2.99. The highest BCUT2D eigenvalue weighted by Gasteiger charge is 2.16. The molecule has 0 aliphatic rings. The number of benzene rings is 1. The van der Waals surface area contributed by atoms with Crippen molar-refractivity contribution in [2.24, 2.45) is 5.73 Å². The quantitative estimate of drug-likeness (QED) is 0.820. The number of carbonyl (C=O) groups is 1. The van der Waals surface area contributed by atoms with Gasteiger partial charge in [0.2, 0.25) is 5.91 Å². The Bertz CT molecular complexity index is 421. The van der Waals surface area contributed by atoms with Gasteiger partial charge in [-0.1, -0.05) is 6.07 Å². The van der Waals surface area contributed by atoms with Gasteiger partial charge in [0.25, 0.3) is 0 Å². The molecule has 0 radical (unpaired) electrons. The number of rotatable bonds is 6. The molecule has 0 spiro atoms. The zero-order valence-corrected chi connectivity index (χ0v) is 11.3. The molecule has 5 heteroatoms. The minimum absolute atomic E-state index is 0.322. The molecule has 0 unspecified atom stereocenters. The Morgan fingerprint density at radius 2 is 2.06 bits per heavy atom. The third-order valence-corrected chi connectivity index (χ3v) is 2.99. The Hall–Kier alpha value is -1.75. The number of ether oxygens (including phenoxy) is 2. The average Bonchev–Trinajstić information content (AvgIpc) is 2.37. The Kier molecular flexibility index (Phi) is 4.97. The summed E-state index contributed by atoms with van der Waals surface area (Å²) in [6.45, 7) is 2.36. The van der Waals surface area contributed by atoms with Crippen LogP contribution in [0.1, 0.15) is 12.5 Å². The van der Waals surface area contributed by atoms with Crippen LogP contribution < -0.4 is 15.2 Å². The molecule has 0 bridgehead atoms. The van der Waals surface area contributed by atoms with E-state index >= 15 is 0 Å². The second-order valence-electron chi connectivity index (χ2n) is 4.17. The van der Waals surface area contributed by atoms with Crippen LogP contribution in [0.15, 0.2) is 18.2 Å². The van der Waals surface area contributed by atoms with Gasteiger partial charge in [-0.05, 0) is 20.0 Å². The summed E-state index contributed by atoms with van der Waals surface area (Å²) in [4.78, 5) is 13.0. The standard InChI is InChI=1S/C13H20N2O3/c1-9(13(14)16)15(2)8-10-5-6-11(17-3)7-12(10)18-4/h5-7,9H,8H2,1-4H3,(H2,14,16)/t9-/m1/s1. The van der Waals surface area contributed by atoms with Gasteiger partial charge >= 0.3 is 0 Å². The molecule has 0 aromatic heterocycles. The van der Waals surface area contributed by atoms with Crippen molar-refractivity contribution in [2.75, 3.05) is 21.3 Å². The van der Waals surface area contributed by atoms with Gasteiger partial charge in [0, 0.05) is 18.2 Å². The van der Waals surface area contributed by atoms with Gasteiger partial charge in [-0.15, -0.1) is 0 Å². The number of hydrogen-bond donors (Lipinski definition) is 1. The normalized spacial score (nSPS) is 12.3. The molecule has 2 N–H and O–H groups in total. The topological polar surface area (TPSA) is 64.8 Å². The van der Waals surface area contributed by atoms with Gasteiger partial charge in [0.15, 0.2) is 0 Å². The van der Waals surface area contributed by atoms with Gasteiger partial charge in [0.05, 0.1) is 20.3 Å². The Labute approximate surface area is 107 Å². The molecule has 0 saturated heterocycles. The van der Waals surface area contributed by atoms with Crippen LogP contribution in [0.5, 0.6) is 11.5 Å². The fourth-order valence-corrected chi connectivity index (χ4v) is 1.61. The van der Waals surface area contributed by atoms with Crippen molar-refractivity contribution < 1.29 is 14.3 Å². The lowest BCUT2D eigenvalue weighted by molar-refractivity contribution is -0.122. The third kappa shape index (κ3) is 3.37. The molecule has 1 rings (SSSR count). The Morgan fingerprint density at radius 1 is 1.39 bits per heavy atom. The van der Waals surface area contributed by atoms with Crippen molar-refractivity contribution in [3.63, 3.8) is 0 Å². The molecule has 1 aromatic carbocycles. The smallest absolute Gasteiger partial charge is 0.234 e. The fraction of sp³-hybridized carbons (Fsp3) is 0.462. The van der Waals surface area contributed by atoms with E-state index in [-0.39, 0.29) is 11.9 Å². The number of methoxy groups -OCH3 is 2. The van der Waals surface area contributed by atoms with Gasteiger partial charge in [-0.25, -0.2) is 0 Å². The summed E-state index contributed by atoms with van der Waals surface area (Å²) in [6.07, 6.45) is 0. The summed E-state index contributed by atoms with van der Waals surface area (Å²) < 4.78 is 10.4. The van der Waals surface area contributed by atoms with Crippen molar-refractivity contribution in [3.05, 3.63) is 23.8 Å². The summed E-state index contributed by atoms with van der Waals surface area (Å²) >= 11 is 0. The Balaban J connectivity index is 2.87. The number of amides is 1. The van der Waals surface area contributed by atoms with Crippen LogP contribution >= 0.6 is 0 Å². The van der Waals surface area contributed by atoms with Crippen LogP contribution in [0.4, 0.5) is 0 Å². The number of carbonyl (C=O) groups excluding carboxylic acids is 1. The summed E-state index contributed by atoms with van der Waals surface area (Å²) in [5.74, 6) is 1.13. The van der Waals surface area contributed by atoms with E-state index < -0.39 is 0 Å². The van der Waals surface area contributed by atoms with Crippen LogP contribution in [0.2, 0.25) is 0 Å². The largest absolute Gasteiger partial charge is 0.497 e. The maximum atomic E-state index is 11.1. The van der Waals surface area contributed by atoms with Crippen molar-refractivity contribution in [1.29, 1.82) is 0 Å². The Morgan fingerprint density at radius 3 is 2.56 bits per heavy atom. The van der Waals surface area contributed by atoms with Crippen LogP contribution in [-0.4, -0.2) is 38.1 Å². The van der Waals surface area contributed by atoms with E-state index in [2.05, 4.69) is 0 Å². The molecule has 0 aliphatic carbocycles. The minimum Gasteiger partial charge on any atom is -0.497 e. The molecule has 1 amide bonds. The van der Waals surface area contributed by atoms with E-state index in [1.165, 1.54) is 0 Å². The monoisotopic (exact) mass is 252 g/mol. The molecule has 100 valence electrons. The minimum atomic E-state index is -0.343. The molecule has 1 aromatic rings. The number of likely N-dealkylation sites (N-methyl/N-ethyl adjacent to an activating group) is 1. The van der Waals surface area contributed by atoms with Crippen molar-refractivity contribution >= 4 is 5.91 Å². The first-order chi connectivity index (χ1) is 8.49. The van der Waals surface area contributed by atoms with E-state index in [1.54, 1.807) is 21.1 Å². The number of nitrogens with zero attached hydrogens (tertiary/aromatic N) is 1. The van der Waals surface area contributed by atoms with E-state index in [1.807, 2.05) is 30.1 Å². The number of nitrogens with two attached hydrogens (primary N) is 1. The first kappa shape index (κ1) is 14.3. The summed E-state index contributed by atoms with van der Waals surface area (Å²) in [6, 6.07) is 5.28. The molecule has 5 nitrogen and oxygen atoms in total. The first-order valence-electron chi connectivity index (χ1n) is 5.70. The summed E-state index contributed by atoms with van der Waals surface area (Å²) in [7, 11) is 5.06. The van der Waals surface area contributed by atoms with E-state index in [0.717, 1.165) is 17.1 Å². The molecule has 0 saturated carbocycles. The second kappa shape index (κ2) is 6.26. The van der Waals surface area contributed by atoms with Gasteiger partial charge < -0.3 is 15.2 Å². The van der Waals surface area contributed by atoms with Gasteiger partial charge in [-0.3, -0.25) is 9.69 Å². The van der Waals surface area contributed by atoms with Crippen LogP contribution in [-0.2, 0) is 11.3 Å². The van der Waals surface area contributed by atoms with Crippen LogP contribution in [0.3, 0.4) is 0 Å².